The smallest absolute Gasteiger partial charge is 0.255 e. The van der Waals surface area contributed by atoms with Crippen LogP contribution in [0.25, 0.3) is 10.8 Å². The number of halogens is 3. The highest BCUT2D eigenvalue weighted by atomic mass is 19.2. The average Bonchev–Trinajstić information content (AvgIpc) is 2.66. The third-order valence-corrected chi connectivity index (χ3v) is 5.11. The predicted molar refractivity (Wildman–Crippen MR) is 103 cm³/mol. The van der Waals surface area contributed by atoms with Crippen molar-refractivity contribution in [3.8, 4) is 0 Å². The first-order valence-corrected chi connectivity index (χ1v) is 9.23. The maximum atomic E-state index is 13.9. The van der Waals surface area contributed by atoms with E-state index in [-0.39, 0.29) is 23.7 Å². The van der Waals surface area contributed by atoms with Crippen LogP contribution in [-0.4, -0.2) is 29.0 Å². The van der Waals surface area contributed by atoms with E-state index >= 15 is 0 Å². The van der Waals surface area contributed by atoms with Crippen molar-refractivity contribution in [2.24, 2.45) is 0 Å². The monoisotopic (exact) mass is 387 g/mol. The molecule has 2 aromatic carbocycles. The summed E-state index contributed by atoms with van der Waals surface area (Å²) >= 11 is 0. The highest BCUT2D eigenvalue weighted by molar-refractivity contribution is 5.84. The number of H-pyrrole nitrogens is 1. The first-order valence-electron chi connectivity index (χ1n) is 9.23. The number of nitrogens with one attached hydrogen (secondary N) is 2. The maximum absolute atomic E-state index is 13.9. The summed E-state index contributed by atoms with van der Waals surface area (Å²) < 4.78 is 40.8. The third-order valence-electron chi connectivity index (χ3n) is 5.11. The van der Waals surface area contributed by atoms with Gasteiger partial charge in [-0.25, -0.2) is 13.2 Å². The van der Waals surface area contributed by atoms with E-state index in [4.69, 9.17) is 0 Å². The summed E-state index contributed by atoms with van der Waals surface area (Å²) in [5, 5.41) is 4.92. The van der Waals surface area contributed by atoms with E-state index in [1.54, 1.807) is 12.3 Å². The standard InChI is InChI=1S/C21H20F3N3O/c22-15-8-14(20(24)19(23)10-15)11-27-7-1-2-17(12-27)26-16-3-4-18-13(9-16)5-6-25-21(18)28/h3-6,8-10,17,26H,1-2,7,11-12H2,(H,25,28)/t17-/m1/s1. The fourth-order valence-electron chi connectivity index (χ4n) is 3.80. The minimum Gasteiger partial charge on any atom is -0.381 e. The molecule has 1 atom stereocenters. The predicted octanol–water partition coefficient (Wildman–Crippen LogP) is 4.02. The number of hydrogen-bond donors (Lipinski definition) is 2. The highest BCUT2D eigenvalue weighted by Gasteiger charge is 2.22. The Hall–Kier alpha value is -2.80. The van der Waals surface area contributed by atoms with Crippen LogP contribution in [0.3, 0.4) is 0 Å². The average molecular weight is 387 g/mol. The minimum atomic E-state index is -1.16. The van der Waals surface area contributed by atoms with Crippen molar-refractivity contribution in [1.29, 1.82) is 0 Å². The van der Waals surface area contributed by atoms with Gasteiger partial charge in [-0.1, -0.05) is 0 Å². The van der Waals surface area contributed by atoms with E-state index in [1.807, 2.05) is 23.1 Å². The van der Waals surface area contributed by atoms with Crippen LogP contribution in [0, 0.1) is 17.5 Å². The van der Waals surface area contributed by atoms with Crippen molar-refractivity contribution in [2.45, 2.75) is 25.4 Å². The highest BCUT2D eigenvalue weighted by Crippen LogP contribution is 2.22. The normalized spacial score (nSPS) is 17.8. The fraction of sp³-hybridized carbons (Fsp3) is 0.286. The molecule has 28 heavy (non-hydrogen) atoms. The van der Waals surface area contributed by atoms with Gasteiger partial charge in [-0.2, -0.15) is 0 Å². The van der Waals surface area contributed by atoms with Crippen LogP contribution in [0.5, 0.6) is 0 Å². The second-order valence-corrected chi connectivity index (χ2v) is 7.19. The quantitative estimate of drug-likeness (QED) is 0.665. The molecule has 7 heteroatoms. The Morgan fingerprint density at radius 3 is 2.86 bits per heavy atom. The van der Waals surface area contributed by atoms with Crippen LogP contribution < -0.4 is 10.9 Å². The molecule has 0 radical (unpaired) electrons. The minimum absolute atomic E-state index is 0.0306. The first kappa shape index (κ1) is 18.6. The molecule has 1 fully saturated rings. The zero-order valence-corrected chi connectivity index (χ0v) is 15.1. The van der Waals surface area contributed by atoms with Gasteiger partial charge in [0.1, 0.15) is 5.82 Å². The number of pyridine rings is 1. The number of aromatic amines is 1. The number of benzene rings is 2. The number of hydrogen-bond acceptors (Lipinski definition) is 3. The van der Waals surface area contributed by atoms with Crippen molar-refractivity contribution < 1.29 is 13.2 Å². The van der Waals surface area contributed by atoms with Gasteiger partial charge in [-0.3, -0.25) is 9.69 Å². The number of piperidine rings is 1. The molecule has 1 aliphatic rings. The molecule has 0 bridgehead atoms. The molecule has 0 amide bonds. The lowest BCUT2D eigenvalue weighted by Gasteiger charge is -2.33. The summed E-state index contributed by atoms with van der Waals surface area (Å²) in [5.41, 5.74) is 0.799. The summed E-state index contributed by atoms with van der Waals surface area (Å²) in [6.45, 7) is 1.53. The van der Waals surface area contributed by atoms with Crippen LogP contribution in [0.1, 0.15) is 18.4 Å². The summed E-state index contributed by atoms with van der Waals surface area (Å²) in [4.78, 5) is 16.4. The number of likely N-dealkylation sites (tertiary alicyclic amines) is 1. The van der Waals surface area contributed by atoms with E-state index in [0.717, 1.165) is 36.5 Å². The number of aromatic nitrogens is 1. The van der Waals surface area contributed by atoms with Crippen LogP contribution in [-0.2, 0) is 6.54 Å². The summed E-state index contributed by atoms with van der Waals surface area (Å²) in [7, 11) is 0. The SMILES string of the molecule is O=c1[nH]ccc2cc(N[C@@H]3CCCN(Cc4cc(F)cc(F)c4F)C3)ccc12. The molecule has 0 unspecified atom stereocenters. The Morgan fingerprint density at radius 1 is 1.14 bits per heavy atom. The molecular formula is C21H20F3N3O. The van der Waals surface area contributed by atoms with Crippen LogP contribution in [0.2, 0.25) is 0 Å². The number of nitrogens with zero attached hydrogens (tertiary/aromatic N) is 1. The summed E-state index contributed by atoms with van der Waals surface area (Å²) in [6, 6.07) is 9.14. The lowest BCUT2D eigenvalue weighted by molar-refractivity contribution is 0.205. The molecule has 0 saturated carbocycles. The molecule has 3 aromatic rings. The Bertz CT molecular complexity index is 1070. The first-order chi connectivity index (χ1) is 13.5. The van der Waals surface area contributed by atoms with E-state index < -0.39 is 17.5 Å². The van der Waals surface area contributed by atoms with Gasteiger partial charge >= 0.3 is 0 Å². The van der Waals surface area contributed by atoms with Gasteiger partial charge in [0.15, 0.2) is 11.6 Å². The molecule has 1 saturated heterocycles. The van der Waals surface area contributed by atoms with Gasteiger partial charge < -0.3 is 10.3 Å². The van der Waals surface area contributed by atoms with Gasteiger partial charge in [-0.15, -0.1) is 0 Å². The molecule has 0 spiro atoms. The van der Waals surface area contributed by atoms with Gasteiger partial charge in [0, 0.05) is 48.0 Å². The molecule has 2 heterocycles. The van der Waals surface area contributed by atoms with Gasteiger partial charge in [0.25, 0.3) is 5.56 Å². The lowest BCUT2D eigenvalue weighted by atomic mass is 10.0. The van der Waals surface area contributed by atoms with E-state index in [9.17, 15) is 18.0 Å². The van der Waals surface area contributed by atoms with E-state index in [0.29, 0.717) is 18.0 Å². The van der Waals surface area contributed by atoms with Crippen molar-refractivity contribution in [3.05, 3.63) is 76.0 Å². The molecule has 2 N–H and O–H groups in total. The zero-order chi connectivity index (χ0) is 19.7. The summed E-state index contributed by atoms with van der Waals surface area (Å²) in [6.07, 6.45) is 3.44. The van der Waals surface area contributed by atoms with Gasteiger partial charge in [-0.05, 0) is 55.1 Å². The Balaban J connectivity index is 1.46. The second-order valence-electron chi connectivity index (χ2n) is 7.19. The Morgan fingerprint density at radius 2 is 2.00 bits per heavy atom. The number of fused-ring (bicyclic) bond motifs is 1. The molecule has 146 valence electrons. The third kappa shape index (κ3) is 3.89. The molecule has 1 aromatic heterocycles. The van der Waals surface area contributed by atoms with Crippen molar-refractivity contribution in [1.82, 2.24) is 9.88 Å². The Labute approximate surface area is 160 Å². The lowest BCUT2D eigenvalue weighted by Crippen LogP contribution is -2.41. The van der Waals surface area contributed by atoms with Gasteiger partial charge in [0.05, 0.1) is 0 Å². The topological polar surface area (TPSA) is 48.1 Å². The molecule has 4 rings (SSSR count). The second kappa shape index (κ2) is 7.67. The van der Waals surface area contributed by atoms with E-state index in [1.165, 1.54) is 0 Å². The number of rotatable bonds is 4. The van der Waals surface area contributed by atoms with Crippen LogP contribution in [0.15, 0.2) is 47.4 Å². The largest absolute Gasteiger partial charge is 0.381 e. The van der Waals surface area contributed by atoms with Crippen molar-refractivity contribution in [3.63, 3.8) is 0 Å². The Kier molecular flexibility index (Phi) is 5.09. The number of anilines is 1. The fourth-order valence-corrected chi connectivity index (χ4v) is 3.80. The van der Waals surface area contributed by atoms with Gasteiger partial charge in [0.2, 0.25) is 0 Å². The maximum Gasteiger partial charge on any atom is 0.255 e. The molecular weight excluding hydrogens is 367 g/mol. The molecule has 1 aliphatic heterocycles. The summed E-state index contributed by atoms with van der Waals surface area (Å²) in [5.74, 6) is -2.92. The van der Waals surface area contributed by atoms with Crippen molar-refractivity contribution >= 4 is 16.5 Å². The van der Waals surface area contributed by atoms with Crippen molar-refractivity contribution in [2.75, 3.05) is 18.4 Å². The zero-order valence-electron chi connectivity index (χ0n) is 15.1. The molecule has 4 nitrogen and oxygen atoms in total. The van der Waals surface area contributed by atoms with Crippen LogP contribution in [0.4, 0.5) is 18.9 Å². The van der Waals surface area contributed by atoms with Crippen LogP contribution >= 0.6 is 0 Å². The van der Waals surface area contributed by atoms with E-state index in [2.05, 4.69) is 10.3 Å². The molecule has 0 aliphatic carbocycles.